The summed E-state index contributed by atoms with van der Waals surface area (Å²) in [6, 6.07) is 13.1. The fourth-order valence-corrected chi connectivity index (χ4v) is 4.21. The second-order valence-electron chi connectivity index (χ2n) is 6.97. The average molecular weight is 462 g/mol. The summed E-state index contributed by atoms with van der Waals surface area (Å²) in [6.45, 7) is 5.78. The predicted molar refractivity (Wildman–Crippen MR) is 122 cm³/mol. The van der Waals surface area contributed by atoms with E-state index in [4.69, 9.17) is 21.1 Å². The number of hydrogen-bond donors (Lipinski definition) is 1. The summed E-state index contributed by atoms with van der Waals surface area (Å²) in [5.41, 5.74) is 1.89. The second-order valence-corrected chi connectivity index (χ2v) is 8.47. The molecule has 0 saturated carbocycles. The van der Waals surface area contributed by atoms with Crippen LogP contribution in [-0.4, -0.2) is 35.2 Å². The third-order valence-electron chi connectivity index (χ3n) is 4.32. The van der Waals surface area contributed by atoms with Crippen LogP contribution in [0.5, 0.6) is 11.5 Å². The zero-order valence-electron chi connectivity index (χ0n) is 17.6. The Balaban J connectivity index is 1.64. The minimum Gasteiger partial charge on any atom is -0.493 e. The Morgan fingerprint density at radius 1 is 1.13 bits per heavy atom. The molecule has 1 unspecified atom stereocenters. The van der Waals surface area contributed by atoms with E-state index in [2.05, 4.69) is 10.4 Å². The van der Waals surface area contributed by atoms with Crippen LogP contribution in [0, 0.1) is 6.92 Å². The van der Waals surface area contributed by atoms with Crippen LogP contribution in [0.3, 0.4) is 0 Å². The van der Waals surface area contributed by atoms with Crippen LogP contribution >= 0.6 is 23.4 Å². The number of rotatable bonds is 7. The van der Waals surface area contributed by atoms with Gasteiger partial charge in [0.25, 0.3) is 0 Å². The number of amidine groups is 1. The van der Waals surface area contributed by atoms with Crippen molar-refractivity contribution in [3.63, 3.8) is 0 Å². The molecule has 9 heteroatoms. The molecule has 0 fully saturated rings. The Hall–Kier alpha value is -2.71. The summed E-state index contributed by atoms with van der Waals surface area (Å²) >= 11 is 7.46. The zero-order valence-corrected chi connectivity index (χ0v) is 19.1. The highest BCUT2D eigenvalue weighted by Gasteiger charge is 2.34. The molecule has 1 aliphatic rings. The molecule has 0 bridgehead atoms. The lowest BCUT2D eigenvalue weighted by Crippen LogP contribution is -2.25. The highest BCUT2D eigenvalue weighted by atomic mass is 35.5. The number of carbonyl (C=O) groups excluding carboxylic acids is 2. The largest absolute Gasteiger partial charge is 0.493 e. The van der Waals surface area contributed by atoms with E-state index in [1.54, 1.807) is 18.2 Å². The van der Waals surface area contributed by atoms with Gasteiger partial charge in [0.1, 0.15) is 16.9 Å². The van der Waals surface area contributed by atoms with E-state index < -0.39 is 5.37 Å². The van der Waals surface area contributed by atoms with Gasteiger partial charge in [-0.2, -0.15) is 0 Å². The van der Waals surface area contributed by atoms with Gasteiger partial charge >= 0.3 is 0 Å². The number of amides is 2. The third kappa shape index (κ3) is 6.38. The van der Waals surface area contributed by atoms with Gasteiger partial charge in [-0.25, -0.2) is 5.01 Å². The van der Waals surface area contributed by atoms with E-state index in [1.807, 2.05) is 31.2 Å². The number of halogens is 1. The van der Waals surface area contributed by atoms with Crippen LogP contribution in [0.25, 0.3) is 0 Å². The number of hydrazone groups is 1. The maximum atomic E-state index is 12.1. The molecule has 1 atom stereocenters. The van der Waals surface area contributed by atoms with E-state index in [0.29, 0.717) is 41.1 Å². The molecule has 1 N–H and O–H groups in total. The molecule has 0 saturated heterocycles. The van der Waals surface area contributed by atoms with Crippen LogP contribution in [0.4, 0.5) is 0 Å². The van der Waals surface area contributed by atoms with Gasteiger partial charge in [0.2, 0.25) is 11.8 Å². The maximum absolute atomic E-state index is 12.1. The lowest BCUT2D eigenvalue weighted by atomic mass is 10.2. The summed E-state index contributed by atoms with van der Waals surface area (Å²) < 4.78 is 11.7. The van der Waals surface area contributed by atoms with E-state index in [9.17, 15) is 9.59 Å². The quantitative estimate of drug-likeness (QED) is 0.614. The number of hydrogen-bond acceptors (Lipinski definition) is 6. The number of nitrogens with zero attached hydrogens (tertiary/aromatic N) is 2. The molecule has 0 aliphatic carbocycles. The third-order valence-corrected chi connectivity index (χ3v) is 5.64. The molecule has 7 nitrogen and oxygen atoms in total. The molecule has 164 valence electrons. The fraction of sp³-hybridized carbons (Fsp3) is 0.318. The monoisotopic (exact) mass is 461 g/mol. The number of thioether (sulfide) groups is 1. The number of nitrogens with one attached hydrogen (secondary N) is 1. The van der Waals surface area contributed by atoms with Crippen LogP contribution in [-0.2, 0) is 9.59 Å². The van der Waals surface area contributed by atoms with Crippen molar-refractivity contribution in [3.05, 3.63) is 58.6 Å². The smallest absolute Gasteiger partial charge is 0.241 e. The van der Waals surface area contributed by atoms with Crippen molar-refractivity contribution in [2.75, 3.05) is 13.2 Å². The molecule has 0 aromatic heterocycles. The number of aryl methyl sites for hydroxylation is 1. The summed E-state index contributed by atoms with van der Waals surface area (Å²) in [6.07, 6.45) is 0.678. The molecule has 0 spiro atoms. The summed E-state index contributed by atoms with van der Waals surface area (Å²) in [5, 5.41) is 8.54. The van der Waals surface area contributed by atoms with E-state index in [1.165, 1.54) is 36.2 Å². The van der Waals surface area contributed by atoms with Crippen molar-refractivity contribution in [3.8, 4) is 11.5 Å². The predicted octanol–water partition coefficient (Wildman–Crippen LogP) is 4.50. The van der Waals surface area contributed by atoms with Crippen molar-refractivity contribution in [2.45, 2.75) is 32.6 Å². The van der Waals surface area contributed by atoms with Gasteiger partial charge in [-0.15, -0.1) is 5.10 Å². The Morgan fingerprint density at radius 2 is 1.84 bits per heavy atom. The summed E-state index contributed by atoms with van der Waals surface area (Å²) in [7, 11) is 0. The first-order chi connectivity index (χ1) is 14.8. The summed E-state index contributed by atoms with van der Waals surface area (Å²) in [4.78, 5) is 23.5. The first-order valence-electron chi connectivity index (χ1n) is 9.78. The molecule has 1 aliphatic heterocycles. The van der Waals surface area contributed by atoms with Gasteiger partial charge in [0, 0.05) is 30.9 Å². The van der Waals surface area contributed by atoms with Crippen molar-refractivity contribution >= 4 is 40.3 Å². The molecule has 2 aromatic rings. The van der Waals surface area contributed by atoms with Crippen LogP contribution in [0.1, 0.15) is 36.8 Å². The summed E-state index contributed by atoms with van der Waals surface area (Å²) in [5.74, 6) is 0.907. The number of carbonyl (C=O) groups is 2. The fourth-order valence-electron chi connectivity index (χ4n) is 2.87. The van der Waals surface area contributed by atoms with E-state index >= 15 is 0 Å². The minimum atomic E-state index is -0.489. The Labute approximate surface area is 190 Å². The van der Waals surface area contributed by atoms with Gasteiger partial charge in [0.15, 0.2) is 5.17 Å². The Kier molecular flexibility index (Phi) is 7.81. The van der Waals surface area contributed by atoms with Crippen molar-refractivity contribution in [1.29, 1.82) is 0 Å². The molecule has 31 heavy (non-hydrogen) atoms. The molecule has 0 radical (unpaired) electrons. The van der Waals surface area contributed by atoms with Crippen molar-refractivity contribution in [2.24, 2.45) is 5.10 Å². The maximum Gasteiger partial charge on any atom is 0.241 e. The van der Waals surface area contributed by atoms with E-state index in [0.717, 1.165) is 5.75 Å². The normalized spacial score (nSPS) is 15.4. The number of ether oxygens (including phenoxy) is 2. The molecule has 3 rings (SSSR count). The molecular formula is C22H24ClN3O4S. The molecule has 2 amide bonds. The standard InChI is InChI=1S/C22H24ClN3O4S/c1-14-5-8-18(9-6-14)29-11-4-12-30-20-10-7-17(23)13-19(20)21-26(16(3)28)25-22(31-21)24-15(2)27/h5-10,13,21H,4,11-12H2,1-3H3,(H,24,25,27). The first kappa shape index (κ1) is 23.0. The number of benzene rings is 2. The van der Waals surface area contributed by atoms with Crippen LogP contribution in [0.2, 0.25) is 5.02 Å². The van der Waals surface area contributed by atoms with Gasteiger partial charge in [-0.05, 0) is 37.3 Å². The first-order valence-corrected chi connectivity index (χ1v) is 11.0. The highest BCUT2D eigenvalue weighted by Crippen LogP contribution is 2.43. The lowest BCUT2D eigenvalue weighted by Gasteiger charge is -2.22. The molecular weight excluding hydrogens is 438 g/mol. The zero-order chi connectivity index (χ0) is 22.4. The second kappa shape index (κ2) is 10.5. The van der Waals surface area contributed by atoms with Gasteiger partial charge in [-0.3, -0.25) is 9.59 Å². The van der Waals surface area contributed by atoms with E-state index in [-0.39, 0.29) is 11.8 Å². The minimum absolute atomic E-state index is 0.254. The highest BCUT2D eigenvalue weighted by molar-refractivity contribution is 8.14. The topological polar surface area (TPSA) is 80.2 Å². The SMILES string of the molecule is CC(=O)NC1=NN(C(C)=O)C(c2cc(Cl)ccc2OCCCOc2ccc(C)cc2)S1. The molecule has 2 aromatic carbocycles. The van der Waals surface area contributed by atoms with Gasteiger partial charge < -0.3 is 14.8 Å². The van der Waals surface area contributed by atoms with Crippen LogP contribution < -0.4 is 14.8 Å². The Morgan fingerprint density at radius 3 is 2.52 bits per heavy atom. The Bertz CT molecular complexity index is 981. The van der Waals surface area contributed by atoms with Gasteiger partial charge in [-0.1, -0.05) is 41.1 Å². The van der Waals surface area contributed by atoms with Crippen molar-refractivity contribution in [1.82, 2.24) is 10.3 Å². The van der Waals surface area contributed by atoms with Crippen molar-refractivity contribution < 1.29 is 19.1 Å². The lowest BCUT2D eigenvalue weighted by molar-refractivity contribution is -0.129. The average Bonchev–Trinajstić information content (AvgIpc) is 3.13. The molecule has 1 heterocycles. The van der Waals surface area contributed by atoms with Crippen LogP contribution in [0.15, 0.2) is 47.6 Å². The van der Waals surface area contributed by atoms with Gasteiger partial charge in [0.05, 0.1) is 13.2 Å².